The molecule has 1 rings (SSSR count). The molecular formula is C12H17NO3S. The highest BCUT2D eigenvalue weighted by Crippen LogP contribution is 2.15. The van der Waals surface area contributed by atoms with Gasteiger partial charge in [-0.1, -0.05) is 19.1 Å². The van der Waals surface area contributed by atoms with Crippen molar-refractivity contribution in [1.82, 2.24) is 0 Å². The first-order chi connectivity index (χ1) is 8.13. The third-order valence-electron chi connectivity index (χ3n) is 2.40. The summed E-state index contributed by atoms with van der Waals surface area (Å²) in [6.07, 6.45) is 0.904. The molecule has 0 saturated heterocycles. The summed E-state index contributed by atoms with van der Waals surface area (Å²) in [7, 11) is 0. The van der Waals surface area contributed by atoms with Gasteiger partial charge in [0.2, 0.25) is 0 Å². The van der Waals surface area contributed by atoms with Crippen molar-refractivity contribution in [3.8, 4) is 0 Å². The molecule has 1 aromatic carbocycles. The molecular weight excluding hydrogens is 238 g/mol. The van der Waals surface area contributed by atoms with Crippen LogP contribution in [0.4, 0.5) is 5.69 Å². The second-order valence-electron chi connectivity index (χ2n) is 4.04. The summed E-state index contributed by atoms with van der Waals surface area (Å²) < 4.78 is 0. The van der Waals surface area contributed by atoms with Gasteiger partial charge in [0.15, 0.2) is 0 Å². The molecule has 1 unspecified atom stereocenters. The second kappa shape index (κ2) is 7.29. The first-order valence-electron chi connectivity index (χ1n) is 5.55. The van der Waals surface area contributed by atoms with Crippen molar-refractivity contribution in [2.75, 3.05) is 18.1 Å². The van der Waals surface area contributed by atoms with Crippen LogP contribution < -0.4 is 0 Å². The number of aryl methyl sites for hydroxylation is 1. The van der Waals surface area contributed by atoms with Crippen LogP contribution in [-0.2, 0) is 6.42 Å². The first-order valence-corrected chi connectivity index (χ1v) is 6.71. The number of benzene rings is 1. The Morgan fingerprint density at radius 1 is 1.41 bits per heavy atom. The van der Waals surface area contributed by atoms with E-state index < -0.39 is 0 Å². The molecule has 1 aromatic rings. The topological polar surface area (TPSA) is 63.4 Å². The maximum atomic E-state index is 10.5. The first kappa shape index (κ1) is 14.0. The maximum Gasteiger partial charge on any atom is 0.269 e. The molecule has 0 radical (unpaired) electrons. The van der Waals surface area contributed by atoms with Crippen molar-refractivity contribution in [2.45, 2.75) is 13.3 Å². The standard InChI is InChI=1S/C12H17NO3S/c1-10(8-14)9-17-7-6-11-2-4-12(5-3-11)13(15)16/h2-5,10,14H,6-9H2,1H3. The van der Waals surface area contributed by atoms with Crippen LogP contribution in [0.2, 0.25) is 0 Å². The van der Waals surface area contributed by atoms with Crippen LogP contribution in [0.25, 0.3) is 0 Å². The number of nitro groups is 1. The number of nitro benzene ring substituents is 1. The Morgan fingerprint density at radius 2 is 2.06 bits per heavy atom. The Bertz CT molecular complexity index is 353. The molecule has 5 heteroatoms. The molecule has 0 aromatic heterocycles. The molecule has 0 amide bonds. The maximum absolute atomic E-state index is 10.5. The fourth-order valence-corrected chi connectivity index (χ4v) is 2.37. The highest BCUT2D eigenvalue weighted by atomic mass is 32.2. The highest BCUT2D eigenvalue weighted by Gasteiger charge is 2.04. The molecule has 0 aliphatic rings. The van der Waals surface area contributed by atoms with E-state index in [1.54, 1.807) is 23.9 Å². The molecule has 0 saturated carbocycles. The minimum absolute atomic E-state index is 0.135. The monoisotopic (exact) mass is 255 g/mol. The van der Waals surface area contributed by atoms with E-state index in [1.165, 1.54) is 12.1 Å². The summed E-state index contributed by atoms with van der Waals surface area (Å²) in [5.74, 6) is 2.25. The van der Waals surface area contributed by atoms with Gasteiger partial charge in [-0.3, -0.25) is 10.1 Å². The lowest BCUT2D eigenvalue weighted by molar-refractivity contribution is -0.384. The average Bonchev–Trinajstić information content (AvgIpc) is 2.34. The Balaban J connectivity index is 2.30. The molecule has 0 heterocycles. The van der Waals surface area contributed by atoms with Crippen molar-refractivity contribution in [3.05, 3.63) is 39.9 Å². The van der Waals surface area contributed by atoms with E-state index in [0.29, 0.717) is 5.92 Å². The summed E-state index contributed by atoms with van der Waals surface area (Å²) in [4.78, 5) is 10.1. The fraction of sp³-hybridized carbons (Fsp3) is 0.500. The highest BCUT2D eigenvalue weighted by molar-refractivity contribution is 7.99. The molecule has 0 spiro atoms. The van der Waals surface area contributed by atoms with Gasteiger partial charge in [0.25, 0.3) is 5.69 Å². The second-order valence-corrected chi connectivity index (χ2v) is 5.19. The number of aliphatic hydroxyl groups excluding tert-OH is 1. The van der Waals surface area contributed by atoms with Gasteiger partial charge in [-0.2, -0.15) is 11.8 Å². The molecule has 1 atom stereocenters. The average molecular weight is 255 g/mol. The van der Waals surface area contributed by atoms with E-state index >= 15 is 0 Å². The van der Waals surface area contributed by atoms with Crippen molar-refractivity contribution in [2.24, 2.45) is 5.92 Å². The number of aliphatic hydroxyl groups is 1. The number of rotatable bonds is 7. The third-order valence-corrected chi connectivity index (χ3v) is 3.69. The lowest BCUT2D eigenvalue weighted by atomic mass is 10.1. The normalized spacial score (nSPS) is 12.4. The van der Waals surface area contributed by atoms with Crippen molar-refractivity contribution in [1.29, 1.82) is 0 Å². The van der Waals surface area contributed by atoms with Gasteiger partial charge in [0.1, 0.15) is 0 Å². The zero-order valence-electron chi connectivity index (χ0n) is 9.83. The van der Waals surface area contributed by atoms with Gasteiger partial charge >= 0.3 is 0 Å². The van der Waals surface area contributed by atoms with Crippen molar-refractivity contribution >= 4 is 17.4 Å². The van der Waals surface area contributed by atoms with Crippen LogP contribution in [0.3, 0.4) is 0 Å². The van der Waals surface area contributed by atoms with Gasteiger partial charge in [-0.15, -0.1) is 0 Å². The van der Waals surface area contributed by atoms with E-state index in [-0.39, 0.29) is 17.2 Å². The SMILES string of the molecule is CC(CO)CSCCc1ccc([N+](=O)[O-])cc1. The lowest BCUT2D eigenvalue weighted by Gasteiger charge is -2.06. The minimum atomic E-state index is -0.387. The van der Waals surface area contributed by atoms with E-state index in [9.17, 15) is 10.1 Å². The molecule has 94 valence electrons. The van der Waals surface area contributed by atoms with Crippen LogP contribution >= 0.6 is 11.8 Å². The smallest absolute Gasteiger partial charge is 0.269 e. The van der Waals surface area contributed by atoms with Crippen molar-refractivity contribution < 1.29 is 10.0 Å². The fourth-order valence-electron chi connectivity index (χ4n) is 1.31. The number of hydrogen-bond donors (Lipinski definition) is 1. The van der Waals surface area contributed by atoms with Crippen LogP contribution in [0.15, 0.2) is 24.3 Å². The number of nitrogens with zero attached hydrogens (tertiary/aromatic N) is 1. The zero-order valence-corrected chi connectivity index (χ0v) is 10.7. The molecule has 17 heavy (non-hydrogen) atoms. The molecule has 0 aliphatic carbocycles. The van der Waals surface area contributed by atoms with Crippen LogP contribution in [0.1, 0.15) is 12.5 Å². The number of hydrogen-bond acceptors (Lipinski definition) is 4. The van der Waals surface area contributed by atoms with Crippen LogP contribution in [0.5, 0.6) is 0 Å². The van der Waals surface area contributed by atoms with Gasteiger partial charge in [-0.25, -0.2) is 0 Å². The van der Waals surface area contributed by atoms with E-state index in [4.69, 9.17) is 5.11 Å². The van der Waals surface area contributed by atoms with Crippen molar-refractivity contribution in [3.63, 3.8) is 0 Å². The molecule has 0 bridgehead atoms. The summed E-state index contributed by atoms with van der Waals surface area (Å²) in [5.41, 5.74) is 1.25. The predicted octanol–water partition coefficient (Wildman–Crippen LogP) is 2.50. The largest absolute Gasteiger partial charge is 0.396 e. The quantitative estimate of drug-likeness (QED) is 0.462. The van der Waals surface area contributed by atoms with Crippen LogP contribution in [0, 0.1) is 16.0 Å². The number of non-ortho nitro benzene ring substituents is 1. The summed E-state index contributed by atoms with van der Waals surface area (Å²) in [6.45, 7) is 2.24. The molecule has 1 N–H and O–H groups in total. The minimum Gasteiger partial charge on any atom is -0.396 e. The Labute approximate surface area is 105 Å². The van der Waals surface area contributed by atoms with Gasteiger partial charge in [0, 0.05) is 18.7 Å². The summed E-state index contributed by atoms with van der Waals surface area (Å²) >= 11 is 1.80. The van der Waals surface area contributed by atoms with E-state index in [2.05, 4.69) is 0 Å². The third kappa shape index (κ3) is 5.19. The number of thioether (sulfide) groups is 1. The Hall–Kier alpha value is -1.07. The van der Waals surface area contributed by atoms with Gasteiger partial charge in [-0.05, 0) is 29.4 Å². The molecule has 0 fully saturated rings. The summed E-state index contributed by atoms with van der Waals surface area (Å²) in [5, 5.41) is 19.3. The predicted molar refractivity (Wildman–Crippen MR) is 70.4 cm³/mol. The molecule has 4 nitrogen and oxygen atoms in total. The Kier molecular flexibility index (Phi) is 6.00. The lowest BCUT2D eigenvalue weighted by Crippen LogP contribution is -2.04. The zero-order chi connectivity index (χ0) is 12.7. The van der Waals surface area contributed by atoms with E-state index in [1.807, 2.05) is 6.92 Å². The van der Waals surface area contributed by atoms with Gasteiger partial charge in [0.05, 0.1) is 4.92 Å². The summed E-state index contributed by atoms with van der Waals surface area (Å²) in [6, 6.07) is 6.68. The van der Waals surface area contributed by atoms with E-state index in [0.717, 1.165) is 23.5 Å². The molecule has 0 aliphatic heterocycles. The van der Waals surface area contributed by atoms with Crippen LogP contribution in [-0.4, -0.2) is 28.1 Å². The Morgan fingerprint density at radius 3 is 2.59 bits per heavy atom. The van der Waals surface area contributed by atoms with Gasteiger partial charge < -0.3 is 5.11 Å².